The van der Waals surface area contributed by atoms with Crippen molar-refractivity contribution >= 4 is 27.7 Å². The van der Waals surface area contributed by atoms with Gasteiger partial charge < -0.3 is 9.32 Å². The summed E-state index contributed by atoms with van der Waals surface area (Å²) in [5.74, 6) is 0.555. The van der Waals surface area contributed by atoms with Crippen LogP contribution in [-0.2, 0) is 14.8 Å². The maximum atomic E-state index is 13.0. The maximum absolute atomic E-state index is 13.0. The van der Waals surface area contributed by atoms with Crippen molar-refractivity contribution in [2.75, 3.05) is 18.8 Å². The van der Waals surface area contributed by atoms with Crippen LogP contribution in [0.15, 0.2) is 38.8 Å². The van der Waals surface area contributed by atoms with Crippen LogP contribution in [0.1, 0.15) is 52.4 Å². The molecule has 1 amide bonds. The Bertz CT molecular complexity index is 1040. The first kappa shape index (κ1) is 23.3. The maximum Gasteiger partial charge on any atom is 0.277 e. The summed E-state index contributed by atoms with van der Waals surface area (Å²) in [5, 5.41) is 8.42. The van der Waals surface area contributed by atoms with E-state index in [4.69, 9.17) is 4.42 Å². The van der Waals surface area contributed by atoms with E-state index in [1.807, 2.05) is 4.90 Å². The Morgan fingerprint density at radius 1 is 1.09 bits per heavy atom. The second-order valence-electron chi connectivity index (χ2n) is 8.58. The highest BCUT2D eigenvalue weighted by atomic mass is 32.2. The molecule has 4 rings (SSSR count). The number of piperidine rings is 2. The number of benzene rings is 1. The smallest absolute Gasteiger partial charge is 0.277 e. The predicted octanol–water partition coefficient (Wildman–Crippen LogP) is 3.79. The summed E-state index contributed by atoms with van der Waals surface area (Å²) >= 11 is 1.22. The third-order valence-corrected chi connectivity index (χ3v) is 8.94. The third-order valence-electron chi connectivity index (χ3n) is 6.24. The molecule has 2 aliphatic heterocycles. The molecule has 0 saturated carbocycles. The van der Waals surface area contributed by atoms with E-state index in [1.165, 1.54) is 11.8 Å². The van der Waals surface area contributed by atoms with E-state index in [-0.39, 0.29) is 34.5 Å². The molecule has 32 heavy (non-hydrogen) atoms. The van der Waals surface area contributed by atoms with E-state index in [0.29, 0.717) is 23.9 Å². The quantitative estimate of drug-likeness (QED) is 0.583. The van der Waals surface area contributed by atoms with Crippen molar-refractivity contribution in [2.24, 2.45) is 0 Å². The zero-order chi connectivity index (χ0) is 22.7. The average Bonchev–Trinajstić information content (AvgIpc) is 3.27. The fourth-order valence-corrected chi connectivity index (χ4v) is 6.74. The molecule has 2 aromatic rings. The topological polar surface area (TPSA) is 96.6 Å². The van der Waals surface area contributed by atoms with Crippen LogP contribution in [0.3, 0.4) is 0 Å². The van der Waals surface area contributed by atoms with Crippen molar-refractivity contribution in [2.45, 2.75) is 74.6 Å². The van der Waals surface area contributed by atoms with E-state index < -0.39 is 10.0 Å². The molecule has 0 N–H and O–H groups in total. The Balaban J connectivity index is 1.43. The van der Waals surface area contributed by atoms with Crippen molar-refractivity contribution in [3.63, 3.8) is 0 Å². The molecule has 2 unspecified atom stereocenters. The zero-order valence-corrected chi connectivity index (χ0v) is 20.2. The fourth-order valence-electron chi connectivity index (χ4n) is 4.54. The van der Waals surface area contributed by atoms with Gasteiger partial charge in [0.15, 0.2) is 0 Å². The number of amides is 1. The number of rotatable bonds is 6. The number of hydrogen-bond acceptors (Lipinski definition) is 7. The summed E-state index contributed by atoms with van der Waals surface area (Å²) in [6, 6.07) is 7.10. The van der Waals surface area contributed by atoms with Gasteiger partial charge in [0.1, 0.15) is 0 Å². The Labute approximate surface area is 193 Å². The summed E-state index contributed by atoms with van der Waals surface area (Å²) < 4.78 is 33.2. The number of hydrogen-bond donors (Lipinski definition) is 0. The van der Waals surface area contributed by atoms with Crippen LogP contribution >= 0.6 is 11.8 Å². The summed E-state index contributed by atoms with van der Waals surface area (Å²) in [5.41, 5.74) is 0.548. The fraction of sp³-hybridized carbons (Fsp3) is 0.591. The van der Waals surface area contributed by atoms with Crippen LogP contribution in [0.2, 0.25) is 0 Å². The van der Waals surface area contributed by atoms with Gasteiger partial charge in [-0.15, -0.1) is 10.2 Å². The van der Waals surface area contributed by atoms with E-state index in [0.717, 1.165) is 38.5 Å². The van der Waals surface area contributed by atoms with E-state index in [2.05, 4.69) is 24.0 Å². The van der Waals surface area contributed by atoms with Gasteiger partial charge in [0, 0.05) is 30.7 Å². The predicted molar refractivity (Wildman–Crippen MR) is 123 cm³/mol. The lowest BCUT2D eigenvalue weighted by molar-refractivity contribution is -0.134. The van der Waals surface area contributed by atoms with Crippen LogP contribution < -0.4 is 0 Å². The molecule has 2 atom stereocenters. The molecule has 0 radical (unpaired) electrons. The highest BCUT2D eigenvalue weighted by molar-refractivity contribution is 7.99. The molecule has 0 aliphatic carbocycles. The number of nitrogens with zero attached hydrogens (tertiary/aromatic N) is 4. The lowest BCUT2D eigenvalue weighted by Crippen LogP contribution is -2.48. The van der Waals surface area contributed by atoms with E-state index in [9.17, 15) is 13.2 Å². The number of thioether (sulfide) groups is 1. The number of carbonyl (C=O) groups is 1. The van der Waals surface area contributed by atoms with Gasteiger partial charge in [-0.1, -0.05) is 24.2 Å². The standard InChI is InChI=1S/C22H30N4O4S2/c1-16-8-6-9-17(2)26(16)20(27)15-31-22-24-23-21(30-22)18-10-7-11-19(14-18)32(28,29)25-12-4-3-5-13-25/h7,10-11,14,16-17H,3-6,8-9,12-13,15H2,1-2H3. The first-order chi connectivity index (χ1) is 15.4. The Kier molecular flexibility index (Phi) is 7.21. The highest BCUT2D eigenvalue weighted by Gasteiger charge is 2.29. The lowest BCUT2D eigenvalue weighted by Gasteiger charge is -2.39. The summed E-state index contributed by atoms with van der Waals surface area (Å²) in [6.07, 6.45) is 6.05. The van der Waals surface area contributed by atoms with Gasteiger partial charge in [0.05, 0.1) is 10.6 Å². The summed E-state index contributed by atoms with van der Waals surface area (Å²) in [6.45, 7) is 5.29. The first-order valence-electron chi connectivity index (χ1n) is 11.2. The van der Waals surface area contributed by atoms with Crippen LogP contribution in [0.5, 0.6) is 0 Å². The van der Waals surface area contributed by atoms with Gasteiger partial charge in [-0.25, -0.2) is 8.42 Å². The monoisotopic (exact) mass is 478 g/mol. The molecule has 1 aromatic heterocycles. The van der Waals surface area contributed by atoms with E-state index in [1.54, 1.807) is 28.6 Å². The van der Waals surface area contributed by atoms with Gasteiger partial charge in [-0.3, -0.25) is 4.79 Å². The molecular weight excluding hydrogens is 448 g/mol. The average molecular weight is 479 g/mol. The van der Waals surface area contributed by atoms with Gasteiger partial charge in [0.2, 0.25) is 21.8 Å². The minimum atomic E-state index is -3.54. The first-order valence-corrected chi connectivity index (χ1v) is 13.7. The molecule has 2 fully saturated rings. The minimum Gasteiger partial charge on any atom is -0.411 e. The molecule has 0 bridgehead atoms. The molecular formula is C22H30N4O4S2. The number of aromatic nitrogens is 2. The summed E-state index contributed by atoms with van der Waals surface area (Å²) in [4.78, 5) is 14.9. The Morgan fingerprint density at radius 3 is 2.53 bits per heavy atom. The molecule has 2 saturated heterocycles. The van der Waals surface area contributed by atoms with Gasteiger partial charge in [-0.2, -0.15) is 4.31 Å². The van der Waals surface area contributed by atoms with Crippen molar-refractivity contribution in [3.05, 3.63) is 24.3 Å². The SMILES string of the molecule is CC1CCCC(C)N1C(=O)CSc1nnc(-c2cccc(S(=O)(=O)N3CCCCC3)c2)o1. The van der Waals surface area contributed by atoms with Gasteiger partial charge in [0.25, 0.3) is 5.22 Å². The van der Waals surface area contributed by atoms with Crippen LogP contribution in [0.4, 0.5) is 0 Å². The second kappa shape index (κ2) is 9.93. The number of carbonyl (C=O) groups excluding carboxylic acids is 1. The van der Waals surface area contributed by atoms with Crippen molar-refractivity contribution < 1.29 is 17.6 Å². The number of likely N-dealkylation sites (tertiary alicyclic amines) is 1. The van der Waals surface area contributed by atoms with Gasteiger partial charge in [-0.05, 0) is 64.2 Å². The zero-order valence-electron chi connectivity index (χ0n) is 18.6. The molecule has 0 spiro atoms. The minimum absolute atomic E-state index is 0.0732. The molecule has 2 aliphatic rings. The lowest BCUT2D eigenvalue weighted by atomic mass is 9.98. The second-order valence-corrected chi connectivity index (χ2v) is 11.4. The van der Waals surface area contributed by atoms with Crippen molar-refractivity contribution in [3.8, 4) is 11.5 Å². The highest BCUT2D eigenvalue weighted by Crippen LogP contribution is 2.28. The molecule has 174 valence electrons. The molecule has 3 heterocycles. The van der Waals surface area contributed by atoms with Crippen molar-refractivity contribution in [1.82, 2.24) is 19.4 Å². The van der Waals surface area contributed by atoms with Crippen LogP contribution in [0.25, 0.3) is 11.5 Å². The molecule has 8 nitrogen and oxygen atoms in total. The van der Waals surface area contributed by atoms with E-state index >= 15 is 0 Å². The Hall–Kier alpha value is -1.91. The van der Waals surface area contributed by atoms with Crippen LogP contribution in [0, 0.1) is 0 Å². The number of sulfonamides is 1. The summed E-state index contributed by atoms with van der Waals surface area (Å²) in [7, 11) is -3.54. The van der Waals surface area contributed by atoms with Crippen LogP contribution in [-0.4, -0.2) is 64.7 Å². The van der Waals surface area contributed by atoms with Crippen molar-refractivity contribution in [1.29, 1.82) is 0 Å². The molecule has 10 heteroatoms. The Morgan fingerprint density at radius 2 is 1.81 bits per heavy atom. The molecule has 1 aromatic carbocycles. The normalized spacial score (nSPS) is 22.8. The third kappa shape index (κ3) is 5.02. The largest absolute Gasteiger partial charge is 0.411 e. The van der Waals surface area contributed by atoms with Gasteiger partial charge >= 0.3 is 0 Å².